The molecule has 9 nitrogen and oxygen atoms in total. The van der Waals surface area contributed by atoms with Crippen LogP contribution in [0.5, 0.6) is 17.2 Å². The molecule has 0 fully saturated rings. The predicted molar refractivity (Wildman–Crippen MR) is 87.4 cm³/mol. The van der Waals surface area contributed by atoms with E-state index in [2.05, 4.69) is 25.6 Å². The lowest BCUT2D eigenvalue weighted by Crippen LogP contribution is -2.12. The summed E-state index contributed by atoms with van der Waals surface area (Å²) >= 11 is 0. The molecule has 0 spiro atoms. The molecule has 0 unspecified atom stereocenters. The normalized spacial score (nSPS) is 9.83. The molecule has 24 heavy (non-hydrogen) atoms. The molecule has 0 aliphatic rings. The van der Waals surface area contributed by atoms with Gasteiger partial charge in [0.2, 0.25) is 5.75 Å². The number of rotatable bonds is 6. The third-order valence-corrected chi connectivity index (χ3v) is 3.02. The van der Waals surface area contributed by atoms with Crippen molar-refractivity contribution < 1.29 is 23.7 Å². The zero-order valence-corrected chi connectivity index (χ0v) is 13.7. The van der Waals surface area contributed by atoms with Crippen molar-refractivity contribution in [1.29, 1.82) is 0 Å². The summed E-state index contributed by atoms with van der Waals surface area (Å²) in [7, 11) is 5.87. The third kappa shape index (κ3) is 3.94. The van der Waals surface area contributed by atoms with Crippen LogP contribution < -0.4 is 24.8 Å². The highest BCUT2D eigenvalue weighted by Crippen LogP contribution is 2.40. The van der Waals surface area contributed by atoms with Crippen molar-refractivity contribution in [1.82, 2.24) is 10.2 Å². The second-order valence-corrected chi connectivity index (χ2v) is 4.46. The fraction of sp³-hybridized carbons (Fsp3) is 0.267. The van der Waals surface area contributed by atoms with E-state index in [9.17, 15) is 4.79 Å². The van der Waals surface area contributed by atoms with Crippen LogP contribution in [0.3, 0.4) is 0 Å². The maximum atomic E-state index is 11.1. The average Bonchev–Trinajstić information content (AvgIpc) is 2.62. The van der Waals surface area contributed by atoms with E-state index in [1.54, 1.807) is 24.3 Å². The predicted octanol–water partition coefficient (Wildman–Crippen LogP) is 2.42. The molecule has 1 aromatic carbocycles. The van der Waals surface area contributed by atoms with Crippen LogP contribution in [0.15, 0.2) is 24.3 Å². The van der Waals surface area contributed by atoms with Crippen LogP contribution in [0.1, 0.15) is 0 Å². The van der Waals surface area contributed by atoms with E-state index in [4.69, 9.17) is 14.2 Å². The van der Waals surface area contributed by atoms with Gasteiger partial charge in [0.25, 0.3) is 0 Å². The van der Waals surface area contributed by atoms with Crippen molar-refractivity contribution in [3.8, 4) is 17.2 Å². The fourth-order valence-corrected chi connectivity index (χ4v) is 1.92. The van der Waals surface area contributed by atoms with Gasteiger partial charge in [-0.25, -0.2) is 4.79 Å². The Bertz CT molecular complexity index is 681. The number of amides is 1. The molecule has 0 radical (unpaired) electrons. The third-order valence-electron chi connectivity index (χ3n) is 3.02. The Morgan fingerprint density at radius 1 is 0.917 bits per heavy atom. The zero-order chi connectivity index (χ0) is 17.5. The minimum absolute atomic E-state index is 0.275. The molecule has 2 N–H and O–H groups in total. The van der Waals surface area contributed by atoms with Crippen LogP contribution >= 0.6 is 0 Å². The van der Waals surface area contributed by atoms with Crippen molar-refractivity contribution in [2.24, 2.45) is 0 Å². The van der Waals surface area contributed by atoms with E-state index >= 15 is 0 Å². The van der Waals surface area contributed by atoms with E-state index in [-0.39, 0.29) is 5.82 Å². The van der Waals surface area contributed by atoms with Gasteiger partial charge in [-0.05, 0) is 12.1 Å². The summed E-state index contributed by atoms with van der Waals surface area (Å²) in [5.41, 5.74) is 0.674. The van der Waals surface area contributed by atoms with Gasteiger partial charge in [-0.2, -0.15) is 0 Å². The van der Waals surface area contributed by atoms with Gasteiger partial charge in [-0.3, -0.25) is 5.32 Å². The van der Waals surface area contributed by atoms with Gasteiger partial charge in [0.1, 0.15) is 0 Å². The molecular weight excluding hydrogens is 316 g/mol. The van der Waals surface area contributed by atoms with Crippen LogP contribution in [-0.2, 0) is 4.74 Å². The number of benzene rings is 1. The Hall–Kier alpha value is -3.23. The molecule has 0 atom stereocenters. The van der Waals surface area contributed by atoms with Crippen molar-refractivity contribution in [2.45, 2.75) is 0 Å². The van der Waals surface area contributed by atoms with Crippen LogP contribution in [0, 0.1) is 0 Å². The molecule has 0 bridgehead atoms. The first-order chi connectivity index (χ1) is 11.6. The maximum absolute atomic E-state index is 11.1. The van der Waals surface area contributed by atoms with Crippen molar-refractivity contribution in [3.63, 3.8) is 0 Å². The van der Waals surface area contributed by atoms with Gasteiger partial charge in [0.15, 0.2) is 23.1 Å². The molecule has 0 aliphatic carbocycles. The first kappa shape index (κ1) is 17.1. The highest BCUT2D eigenvalue weighted by Gasteiger charge is 2.13. The number of hydrogen-bond acceptors (Lipinski definition) is 8. The smallest absolute Gasteiger partial charge is 0.412 e. The lowest BCUT2D eigenvalue weighted by Gasteiger charge is -2.14. The Balaban J connectivity index is 2.20. The standard InChI is InChI=1S/C15H18N4O5/c1-21-10-7-9(8-11(22-2)14(10)23-3)16-12-5-6-13(19-18-12)17-15(20)24-4/h5-8H,1-4H3,(H,16,18)(H,17,19,20). The molecule has 1 aromatic heterocycles. The fourth-order valence-electron chi connectivity index (χ4n) is 1.92. The van der Waals surface area contributed by atoms with Gasteiger partial charge in [0.05, 0.1) is 28.4 Å². The number of carbonyl (C=O) groups excluding carboxylic acids is 1. The summed E-state index contributed by atoms with van der Waals surface area (Å²) in [4.78, 5) is 11.1. The van der Waals surface area contributed by atoms with Crippen molar-refractivity contribution in [2.75, 3.05) is 39.1 Å². The molecule has 0 saturated carbocycles. The lowest BCUT2D eigenvalue weighted by atomic mass is 10.2. The summed E-state index contributed by atoms with van der Waals surface area (Å²) in [6.45, 7) is 0. The molecule has 0 aliphatic heterocycles. The topological polar surface area (TPSA) is 104 Å². The van der Waals surface area contributed by atoms with Gasteiger partial charge in [-0.1, -0.05) is 0 Å². The summed E-state index contributed by atoms with van der Waals surface area (Å²) < 4.78 is 20.3. The molecule has 9 heteroatoms. The first-order valence-electron chi connectivity index (χ1n) is 6.87. The van der Waals surface area contributed by atoms with Gasteiger partial charge >= 0.3 is 6.09 Å². The lowest BCUT2D eigenvalue weighted by molar-refractivity contribution is 0.187. The van der Waals surface area contributed by atoms with Crippen molar-refractivity contribution in [3.05, 3.63) is 24.3 Å². The molecular formula is C15H18N4O5. The van der Waals surface area contributed by atoms with Gasteiger partial charge < -0.3 is 24.3 Å². The first-order valence-corrected chi connectivity index (χ1v) is 6.87. The number of anilines is 3. The molecule has 2 aromatic rings. The number of nitrogens with zero attached hydrogens (tertiary/aromatic N) is 2. The highest BCUT2D eigenvalue weighted by molar-refractivity contribution is 5.83. The SMILES string of the molecule is COC(=O)Nc1ccc(Nc2cc(OC)c(OC)c(OC)c2)nn1. The number of nitrogens with one attached hydrogen (secondary N) is 2. The number of carbonyl (C=O) groups is 1. The second kappa shape index (κ2) is 7.86. The van der Waals surface area contributed by atoms with Gasteiger partial charge in [-0.15, -0.1) is 10.2 Å². The average molecular weight is 334 g/mol. The number of methoxy groups -OCH3 is 4. The minimum Gasteiger partial charge on any atom is -0.493 e. The molecule has 0 saturated heterocycles. The van der Waals surface area contributed by atoms with E-state index in [0.29, 0.717) is 28.8 Å². The number of aromatic nitrogens is 2. The minimum atomic E-state index is -0.616. The van der Waals surface area contributed by atoms with Crippen LogP contribution in [-0.4, -0.2) is 44.7 Å². The van der Waals surface area contributed by atoms with Gasteiger partial charge in [0, 0.05) is 17.8 Å². The summed E-state index contributed by atoms with van der Waals surface area (Å²) in [5, 5.41) is 13.3. The molecule has 128 valence electrons. The van der Waals surface area contributed by atoms with Crippen molar-refractivity contribution >= 4 is 23.4 Å². The zero-order valence-electron chi connectivity index (χ0n) is 13.7. The Labute approximate surface area is 138 Å². The Morgan fingerprint density at radius 3 is 1.96 bits per heavy atom. The maximum Gasteiger partial charge on any atom is 0.412 e. The van der Waals surface area contributed by atoms with Crippen LogP contribution in [0.2, 0.25) is 0 Å². The Morgan fingerprint density at radius 2 is 1.50 bits per heavy atom. The molecule has 2 rings (SSSR count). The van der Waals surface area contributed by atoms with E-state index in [0.717, 1.165) is 0 Å². The number of ether oxygens (including phenoxy) is 4. The number of hydrogen-bond donors (Lipinski definition) is 2. The molecule has 1 amide bonds. The highest BCUT2D eigenvalue weighted by atomic mass is 16.5. The van der Waals surface area contributed by atoms with Crippen LogP contribution in [0.25, 0.3) is 0 Å². The summed E-state index contributed by atoms with van der Waals surface area (Å²) in [6.07, 6.45) is -0.616. The van der Waals surface area contributed by atoms with E-state index < -0.39 is 6.09 Å². The Kier molecular flexibility index (Phi) is 5.61. The quantitative estimate of drug-likeness (QED) is 0.830. The van der Waals surface area contributed by atoms with Crippen LogP contribution in [0.4, 0.5) is 22.1 Å². The second-order valence-electron chi connectivity index (χ2n) is 4.46. The van der Waals surface area contributed by atoms with E-state index in [1.807, 2.05) is 0 Å². The largest absolute Gasteiger partial charge is 0.493 e. The van der Waals surface area contributed by atoms with E-state index in [1.165, 1.54) is 28.4 Å². The summed E-state index contributed by atoms with van der Waals surface area (Å²) in [6, 6.07) is 6.72. The molecule has 1 heterocycles. The summed E-state index contributed by atoms with van der Waals surface area (Å²) in [5.74, 6) is 2.26. The monoisotopic (exact) mass is 334 g/mol.